The summed E-state index contributed by atoms with van der Waals surface area (Å²) in [7, 11) is 0. The summed E-state index contributed by atoms with van der Waals surface area (Å²) in [6, 6.07) is 4.78. The number of aliphatic hydroxyl groups excluding tert-OH is 1. The van der Waals surface area contributed by atoms with Crippen LogP contribution < -0.4 is 5.32 Å². The lowest BCUT2D eigenvalue weighted by Crippen LogP contribution is -2.37. The van der Waals surface area contributed by atoms with Gasteiger partial charge in [0.2, 0.25) is 0 Å². The van der Waals surface area contributed by atoms with Crippen LogP contribution in [0.3, 0.4) is 0 Å². The van der Waals surface area contributed by atoms with Crippen molar-refractivity contribution in [2.75, 3.05) is 6.61 Å². The van der Waals surface area contributed by atoms with Gasteiger partial charge in [-0.1, -0.05) is 6.92 Å². The van der Waals surface area contributed by atoms with E-state index in [1.807, 2.05) is 6.92 Å². The molecule has 0 bridgehead atoms. The SMILES string of the molecule is CCC(CO)NC(=O)/C(C#N)=C/c1ccco1. The summed E-state index contributed by atoms with van der Waals surface area (Å²) in [5, 5.41) is 20.4. The van der Waals surface area contributed by atoms with Crippen molar-refractivity contribution < 1.29 is 14.3 Å². The topological polar surface area (TPSA) is 86.3 Å². The van der Waals surface area contributed by atoms with Gasteiger partial charge in [0.15, 0.2) is 0 Å². The number of furan rings is 1. The van der Waals surface area contributed by atoms with Gasteiger partial charge in [-0.15, -0.1) is 0 Å². The van der Waals surface area contributed by atoms with Crippen LogP contribution in [0.15, 0.2) is 28.4 Å². The summed E-state index contributed by atoms with van der Waals surface area (Å²) < 4.78 is 5.02. The van der Waals surface area contributed by atoms with E-state index in [9.17, 15) is 4.79 Å². The molecule has 0 aliphatic heterocycles. The molecule has 0 spiro atoms. The van der Waals surface area contributed by atoms with E-state index >= 15 is 0 Å². The van der Waals surface area contributed by atoms with E-state index in [1.54, 1.807) is 18.2 Å². The first kappa shape index (κ1) is 13.0. The summed E-state index contributed by atoms with van der Waals surface area (Å²) in [4.78, 5) is 11.7. The van der Waals surface area contributed by atoms with Crippen molar-refractivity contribution in [1.82, 2.24) is 5.32 Å². The van der Waals surface area contributed by atoms with Crippen LogP contribution >= 0.6 is 0 Å². The number of hydrogen-bond donors (Lipinski definition) is 2. The fourth-order valence-electron chi connectivity index (χ4n) is 1.20. The lowest BCUT2D eigenvalue weighted by atomic mass is 10.2. The average molecular weight is 234 g/mol. The van der Waals surface area contributed by atoms with E-state index < -0.39 is 5.91 Å². The van der Waals surface area contributed by atoms with Crippen LogP contribution in [0, 0.1) is 11.3 Å². The zero-order valence-electron chi connectivity index (χ0n) is 9.51. The molecule has 0 aromatic carbocycles. The third kappa shape index (κ3) is 3.78. The highest BCUT2D eigenvalue weighted by atomic mass is 16.3. The number of nitriles is 1. The first-order chi connectivity index (χ1) is 8.21. The molecule has 0 radical (unpaired) electrons. The Hall–Kier alpha value is -2.06. The molecule has 0 saturated heterocycles. The summed E-state index contributed by atoms with van der Waals surface area (Å²) >= 11 is 0. The van der Waals surface area contributed by atoms with Gasteiger partial charge in [-0.2, -0.15) is 5.26 Å². The zero-order valence-corrected chi connectivity index (χ0v) is 9.51. The number of hydrogen-bond acceptors (Lipinski definition) is 4. The monoisotopic (exact) mass is 234 g/mol. The molecule has 1 amide bonds. The van der Waals surface area contributed by atoms with E-state index in [4.69, 9.17) is 14.8 Å². The van der Waals surface area contributed by atoms with Crippen molar-refractivity contribution in [2.24, 2.45) is 0 Å². The van der Waals surface area contributed by atoms with Gasteiger partial charge in [-0.3, -0.25) is 4.79 Å². The van der Waals surface area contributed by atoms with E-state index in [0.717, 1.165) is 0 Å². The maximum absolute atomic E-state index is 11.7. The minimum Gasteiger partial charge on any atom is -0.465 e. The highest BCUT2D eigenvalue weighted by Crippen LogP contribution is 2.07. The maximum atomic E-state index is 11.7. The molecule has 1 aromatic heterocycles. The zero-order chi connectivity index (χ0) is 12.7. The van der Waals surface area contributed by atoms with Crippen molar-refractivity contribution in [3.8, 4) is 6.07 Å². The van der Waals surface area contributed by atoms with Gasteiger partial charge in [-0.05, 0) is 18.6 Å². The summed E-state index contributed by atoms with van der Waals surface area (Å²) in [6.45, 7) is 1.69. The molecule has 17 heavy (non-hydrogen) atoms. The number of carbonyl (C=O) groups excluding carboxylic acids is 1. The molecule has 1 unspecified atom stereocenters. The number of carbonyl (C=O) groups is 1. The van der Waals surface area contributed by atoms with Gasteiger partial charge in [0.25, 0.3) is 5.91 Å². The lowest BCUT2D eigenvalue weighted by Gasteiger charge is -2.12. The Balaban J connectivity index is 2.75. The molecule has 1 rings (SSSR count). The molecule has 0 saturated carbocycles. The van der Waals surface area contributed by atoms with Gasteiger partial charge in [0, 0.05) is 6.08 Å². The van der Waals surface area contributed by atoms with Gasteiger partial charge < -0.3 is 14.8 Å². The number of nitrogens with one attached hydrogen (secondary N) is 1. The summed E-state index contributed by atoms with van der Waals surface area (Å²) in [5.74, 6) is -0.0708. The Labute approximate surface area is 99.4 Å². The third-order valence-corrected chi connectivity index (χ3v) is 2.24. The molecule has 1 heterocycles. The van der Waals surface area contributed by atoms with E-state index in [-0.39, 0.29) is 18.2 Å². The molecule has 5 nitrogen and oxygen atoms in total. The Kier molecular flexibility index (Phi) is 4.98. The van der Waals surface area contributed by atoms with Crippen molar-refractivity contribution in [3.05, 3.63) is 29.7 Å². The lowest BCUT2D eigenvalue weighted by molar-refractivity contribution is -0.118. The summed E-state index contributed by atoms with van der Waals surface area (Å²) in [6.07, 6.45) is 3.42. The fourth-order valence-corrected chi connectivity index (χ4v) is 1.20. The molecule has 5 heteroatoms. The average Bonchev–Trinajstić information content (AvgIpc) is 2.85. The highest BCUT2D eigenvalue weighted by molar-refractivity contribution is 6.01. The van der Waals surface area contributed by atoms with Crippen LogP contribution in [0.5, 0.6) is 0 Å². The normalized spacial score (nSPS) is 12.9. The first-order valence-electron chi connectivity index (χ1n) is 5.28. The van der Waals surface area contributed by atoms with Gasteiger partial charge >= 0.3 is 0 Å². The molecule has 0 fully saturated rings. The van der Waals surface area contributed by atoms with Crippen LogP contribution in [0.2, 0.25) is 0 Å². The number of amides is 1. The van der Waals surface area contributed by atoms with Gasteiger partial charge in [0.1, 0.15) is 17.4 Å². The van der Waals surface area contributed by atoms with Crippen LogP contribution in [0.4, 0.5) is 0 Å². The Morgan fingerprint density at radius 1 is 1.76 bits per heavy atom. The minimum atomic E-state index is -0.509. The van der Waals surface area contributed by atoms with Crippen molar-refractivity contribution in [3.63, 3.8) is 0 Å². The molecule has 0 aliphatic rings. The minimum absolute atomic E-state index is 0.0492. The predicted molar refractivity (Wildman–Crippen MR) is 61.6 cm³/mol. The second-order valence-corrected chi connectivity index (χ2v) is 3.45. The van der Waals surface area contributed by atoms with E-state index in [2.05, 4.69) is 5.32 Å². The molecular formula is C12H14N2O3. The van der Waals surface area contributed by atoms with Crippen LogP contribution in [0.1, 0.15) is 19.1 Å². The van der Waals surface area contributed by atoms with Crippen molar-refractivity contribution >= 4 is 12.0 Å². The van der Waals surface area contributed by atoms with E-state index in [0.29, 0.717) is 12.2 Å². The predicted octanol–water partition coefficient (Wildman–Crippen LogP) is 1.07. The molecular weight excluding hydrogens is 220 g/mol. The first-order valence-corrected chi connectivity index (χ1v) is 5.28. The Bertz CT molecular complexity index is 425. The fraction of sp³-hybridized carbons (Fsp3) is 0.333. The van der Waals surface area contributed by atoms with Crippen LogP contribution in [-0.2, 0) is 4.79 Å². The molecule has 1 atom stereocenters. The smallest absolute Gasteiger partial charge is 0.262 e. The van der Waals surface area contributed by atoms with Crippen molar-refractivity contribution in [1.29, 1.82) is 5.26 Å². The largest absolute Gasteiger partial charge is 0.465 e. The number of rotatable bonds is 5. The summed E-state index contributed by atoms with van der Waals surface area (Å²) in [5.41, 5.74) is -0.0492. The Morgan fingerprint density at radius 3 is 3.00 bits per heavy atom. The second kappa shape index (κ2) is 6.51. The van der Waals surface area contributed by atoms with E-state index in [1.165, 1.54) is 12.3 Å². The molecule has 90 valence electrons. The van der Waals surface area contributed by atoms with Crippen molar-refractivity contribution in [2.45, 2.75) is 19.4 Å². The van der Waals surface area contributed by atoms with Gasteiger partial charge in [0.05, 0.1) is 18.9 Å². The number of nitrogens with zero attached hydrogens (tertiary/aromatic N) is 1. The van der Waals surface area contributed by atoms with Crippen LogP contribution in [0.25, 0.3) is 6.08 Å². The molecule has 1 aromatic rings. The maximum Gasteiger partial charge on any atom is 0.262 e. The highest BCUT2D eigenvalue weighted by Gasteiger charge is 2.13. The third-order valence-electron chi connectivity index (χ3n) is 2.24. The Morgan fingerprint density at radius 2 is 2.53 bits per heavy atom. The molecule has 0 aliphatic carbocycles. The van der Waals surface area contributed by atoms with Crippen LogP contribution in [-0.4, -0.2) is 23.7 Å². The number of aliphatic hydroxyl groups is 1. The van der Waals surface area contributed by atoms with Gasteiger partial charge in [-0.25, -0.2) is 0 Å². The quantitative estimate of drug-likeness (QED) is 0.589. The second-order valence-electron chi connectivity index (χ2n) is 3.45. The molecule has 2 N–H and O–H groups in total. The standard InChI is InChI=1S/C12H14N2O3/c1-2-10(8-15)14-12(16)9(7-13)6-11-4-3-5-17-11/h3-6,10,15H,2,8H2,1H3,(H,14,16)/b9-6+.